The zero-order valence-corrected chi connectivity index (χ0v) is 24.4. The van der Waals surface area contributed by atoms with E-state index in [4.69, 9.17) is 5.11 Å². The number of aliphatic carboxylic acids is 1. The molecule has 0 aromatic carbocycles. The van der Waals surface area contributed by atoms with Crippen molar-refractivity contribution >= 4 is 5.97 Å². The summed E-state index contributed by atoms with van der Waals surface area (Å²) >= 11 is 0. The molecule has 0 saturated heterocycles. The molecule has 0 saturated carbocycles. The fourth-order valence-corrected chi connectivity index (χ4v) is 4.15. The van der Waals surface area contributed by atoms with Crippen LogP contribution in [0.2, 0.25) is 0 Å². The summed E-state index contributed by atoms with van der Waals surface area (Å²) < 4.78 is 0. The smallest absolute Gasteiger partial charge is 0.303 e. The minimum atomic E-state index is -0.838. The molecule has 0 rings (SSSR count). The SMILES string of the molecule is CC[C@@H](O)C(C)(/C=C/C=C\C[C@@H](O)C(C)(/C=C/C=C/C=C\C(C)(CC)[C@@H](O)CCCC(=O)O)CC)CC. The number of hydrogen-bond acceptors (Lipinski definition) is 4. The van der Waals surface area contributed by atoms with Gasteiger partial charge in [-0.3, -0.25) is 4.79 Å². The Labute approximate surface area is 226 Å². The number of rotatable bonds is 19. The Morgan fingerprint density at radius 3 is 1.54 bits per heavy atom. The van der Waals surface area contributed by atoms with E-state index in [-0.39, 0.29) is 23.4 Å². The topological polar surface area (TPSA) is 98.0 Å². The fraction of sp³-hybridized carbons (Fsp3) is 0.656. The van der Waals surface area contributed by atoms with Gasteiger partial charge in [-0.15, -0.1) is 0 Å². The molecule has 0 aliphatic carbocycles. The van der Waals surface area contributed by atoms with Crippen LogP contribution in [0, 0.1) is 16.2 Å². The second-order valence-corrected chi connectivity index (χ2v) is 10.9. The Morgan fingerprint density at radius 1 is 0.676 bits per heavy atom. The molecule has 3 unspecified atom stereocenters. The van der Waals surface area contributed by atoms with Gasteiger partial charge >= 0.3 is 5.97 Å². The third-order valence-corrected chi connectivity index (χ3v) is 8.19. The minimum absolute atomic E-state index is 0.0706. The number of hydrogen-bond donors (Lipinski definition) is 4. The van der Waals surface area contributed by atoms with Crippen LogP contribution in [0.25, 0.3) is 0 Å². The highest BCUT2D eigenvalue weighted by molar-refractivity contribution is 5.66. The summed E-state index contributed by atoms with van der Waals surface area (Å²) in [7, 11) is 0. The number of aliphatic hydroxyl groups excluding tert-OH is 3. The van der Waals surface area contributed by atoms with Gasteiger partial charge in [0.05, 0.1) is 18.3 Å². The molecule has 0 aromatic heterocycles. The molecule has 6 atom stereocenters. The van der Waals surface area contributed by atoms with Crippen molar-refractivity contribution in [3.63, 3.8) is 0 Å². The summed E-state index contributed by atoms with van der Waals surface area (Å²) in [5.74, 6) is -0.838. The maximum absolute atomic E-state index is 10.8. The predicted octanol–water partition coefficient (Wildman–Crippen LogP) is 7.15. The summed E-state index contributed by atoms with van der Waals surface area (Å²) in [6, 6.07) is 0. The molecule has 0 spiro atoms. The van der Waals surface area contributed by atoms with Gasteiger partial charge in [0.15, 0.2) is 0 Å². The van der Waals surface area contributed by atoms with Crippen LogP contribution >= 0.6 is 0 Å². The lowest BCUT2D eigenvalue weighted by Gasteiger charge is -2.30. The molecule has 0 aromatic rings. The minimum Gasteiger partial charge on any atom is -0.481 e. The number of allylic oxidation sites excluding steroid dienone is 6. The summed E-state index contributed by atoms with van der Waals surface area (Å²) in [6.45, 7) is 14.3. The van der Waals surface area contributed by atoms with Crippen LogP contribution in [0.1, 0.15) is 99.8 Å². The standard InChI is InChI=1S/C32H54O5/c1-8-26(33)30(5,9-2)23-18-14-15-20-27(34)31(6,10-3)24-16-12-13-17-25-32(7,11-4)28(35)21-19-22-29(36)37/h12-18,23-28,33-35H,8-11,19-22H2,1-7H3,(H,36,37)/b13-12+,15-14-,23-18+,24-16+,25-17-/t26-,27-,28+,30?,31?,32?/m1/s1. The van der Waals surface area contributed by atoms with E-state index in [0.717, 1.165) is 25.7 Å². The summed E-state index contributed by atoms with van der Waals surface area (Å²) in [5.41, 5.74) is -1.02. The van der Waals surface area contributed by atoms with Gasteiger partial charge in [0.1, 0.15) is 0 Å². The molecule has 5 heteroatoms. The van der Waals surface area contributed by atoms with Crippen LogP contribution < -0.4 is 0 Å². The van der Waals surface area contributed by atoms with Gasteiger partial charge in [-0.2, -0.15) is 0 Å². The quantitative estimate of drug-likeness (QED) is 0.136. The van der Waals surface area contributed by atoms with E-state index in [2.05, 4.69) is 33.8 Å². The zero-order valence-electron chi connectivity index (χ0n) is 24.4. The molecular weight excluding hydrogens is 464 g/mol. The lowest BCUT2D eigenvalue weighted by Crippen LogP contribution is -2.29. The van der Waals surface area contributed by atoms with Crippen molar-refractivity contribution in [1.29, 1.82) is 0 Å². The predicted molar refractivity (Wildman–Crippen MR) is 155 cm³/mol. The molecule has 0 radical (unpaired) electrons. The van der Waals surface area contributed by atoms with Crippen molar-refractivity contribution in [2.45, 2.75) is 118 Å². The summed E-state index contributed by atoms with van der Waals surface area (Å²) in [6.07, 6.45) is 22.9. The number of aliphatic hydroxyl groups is 3. The van der Waals surface area contributed by atoms with Crippen LogP contribution in [0.3, 0.4) is 0 Å². The summed E-state index contributed by atoms with van der Waals surface area (Å²) in [4.78, 5) is 10.7. The normalized spacial score (nSPS) is 20.5. The maximum Gasteiger partial charge on any atom is 0.303 e. The largest absolute Gasteiger partial charge is 0.481 e. The molecule has 4 N–H and O–H groups in total. The van der Waals surface area contributed by atoms with Gasteiger partial charge in [-0.05, 0) is 44.9 Å². The van der Waals surface area contributed by atoms with E-state index in [1.165, 1.54) is 0 Å². The van der Waals surface area contributed by atoms with E-state index in [1.807, 2.05) is 75.5 Å². The van der Waals surface area contributed by atoms with Crippen molar-refractivity contribution in [3.05, 3.63) is 60.8 Å². The lowest BCUT2D eigenvalue weighted by atomic mass is 9.79. The van der Waals surface area contributed by atoms with Crippen LogP contribution in [0.15, 0.2) is 60.8 Å². The van der Waals surface area contributed by atoms with Crippen molar-refractivity contribution in [2.24, 2.45) is 16.2 Å². The molecular formula is C32H54O5. The van der Waals surface area contributed by atoms with E-state index in [9.17, 15) is 20.1 Å². The third-order valence-electron chi connectivity index (χ3n) is 8.19. The highest BCUT2D eigenvalue weighted by atomic mass is 16.4. The highest BCUT2D eigenvalue weighted by Crippen LogP contribution is 2.32. The first-order valence-electron chi connectivity index (χ1n) is 14.0. The van der Waals surface area contributed by atoms with Crippen LogP contribution in [0.4, 0.5) is 0 Å². The molecule has 37 heavy (non-hydrogen) atoms. The first-order valence-corrected chi connectivity index (χ1v) is 14.0. The Hall–Kier alpha value is -1.95. The summed E-state index contributed by atoms with van der Waals surface area (Å²) in [5, 5.41) is 40.4. The van der Waals surface area contributed by atoms with Crippen LogP contribution in [0.5, 0.6) is 0 Å². The van der Waals surface area contributed by atoms with Crippen molar-refractivity contribution in [2.75, 3.05) is 0 Å². The maximum atomic E-state index is 10.8. The second-order valence-electron chi connectivity index (χ2n) is 10.9. The first-order chi connectivity index (χ1) is 17.3. The number of carboxylic acid groups (broad SMARTS) is 1. The van der Waals surface area contributed by atoms with Crippen molar-refractivity contribution in [3.8, 4) is 0 Å². The average molecular weight is 519 g/mol. The molecule has 0 bridgehead atoms. The van der Waals surface area contributed by atoms with Gasteiger partial charge in [-0.1, -0.05) is 109 Å². The lowest BCUT2D eigenvalue weighted by molar-refractivity contribution is -0.137. The molecule has 0 fully saturated rings. The van der Waals surface area contributed by atoms with E-state index >= 15 is 0 Å². The van der Waals surface area contributed by atoms with Gasteiger partial charge in [-0.25, -0.2) is 0 Å². The van der Waals surface area contributed by atoms with Crippen LogP contribution in [-0.2, 0) is 4.79 Å². The van der Waals surface area contributed by atoms with Crippen LogP contribution in [-0.4, -0.2) is 44.7 Å². The number of carbonyl (C=O) groups is 1. The van der Waals surface area contributed by atoms with Crippen molar-refractivity contribution < 1.29 is 25.2 Å². The van der Waals surface area contributed by atoms with E-state index in [0.29, 0.717) is 19.3 Å². The molecule has 5 nitrogen and oxygen atoms in total. The Bertz CT molecular complexity index is 795. The molecule has 0 heterocycles. The van der Waals surface area contributed by atoms with Gasteiger partial charge in [0, 0.05) is 22.7 Å². The molecule has 0 aliphatic rings. The highest BCUT2D eigenvalue weighted by Gasteiger charge is 2.29. The average Bonchev–Trinajstić information content (AvgIpc) is 2.88. The van der Waals surface area contributed by atoms with Gasteiger partial charge in [0.25, 0.3) is 0 Å². The van der Waals surface area contributed by atoms with Gasteiger partial charge in [0.2, 0.25) is 0 Å². The molecule has 0 amide bonds. The van der Waals surface area contributed by atoms with E-state index in [1.54, 1.807) is 0 Å². The monoisotopic (exact) mass is 518 g/mol. The Balaban J connectivity index is 5.02. The first kappa shape index (κ1) is 35.0. The Kier molecular flexibility index (Phi) is 16.6. The molecule has 212 valence electrons. The zero-order chi connectivity index (χ0) is 28.5. The Morgan fingerprint density at radius 2 is 1.11 bits per heavy atom. The van der Waals surface area contributed by atoms with Crippen molar-refractivity contribution in [1.82, 2.24) is 0 Å². The van der Waals surface area contributed by atoms with E-state index < -0.39 is 23.6 Å². The fourth-order valence-electron chi connectivity index (χ4n) is 4.15. The second kappa shape index (κ2) is 17.5. The van der Waals surface area contributed by atoms with Gasteiger partial charge < -0.3 is 20.4 Å². The number of carboxylic acids is 1. The molecule has 0 aliphatic heterocycles. The third kappa shape index (κ3) is 12.4.